The van der Waals surface area contributed by atoms with Crippen LogP contribution in [0.4, 0.5) is 5.69 Å². The largest absolute Gasteiger partial charge is 0.464 e. The summed E-state index contributed by atoms with van der Waals surface area (Å²) in [5, 5.41) is 0.204. The number of ether oxygens (including phenoxy) is 1. The molecule has 5 heteroatoms. The Balaban J connectivity index is 3.23. The lowest BCUT2D eigenvalue weighted by molar-refractivity contribution is 0.0594. The second kappa shape index (κ2) is 3.62. The first-order valence-corrected chi connectivity index (χ1v) is 3.95. The van der Waals surface area contributed by atoms with Crippen molar-refractivity contribution < 1.29 is 9.53 Å². The maximum absolute atomic E-state index is 11.1. The quantitative estimate of drug-likeness (QED) is 0.697. The lowest BCUT2D eigenvalue weighted by Crippen LogP contribution is -2.07. The highest BCUT2D eigenvalue weighted by Crippen LogP contribution is 2.19. The molecule has 0 spiro atoms. The number of anilines is 1. The minimum absolute atomic E-state index is 0.0934. The third-order valence-electron chi connectivity index (χ3n) is 1.58. The van der Waals surface area contributed by atoms with Crippen LogP contribution in [0, 0.1) is 6.92 Å². The van der Waals surface area contributed by atoms with Crippen LogP contribution in [-0.2, 0) is 4.74 Å². The SMILES string of the molecule is COC(=O)c1nc(C)c(N)cc1Cl. The van der Waals surface area contributed by atoms with Crippen LogP contribution in [-0.4, -0.2) is 18.1 Å². The van der Waals surface area contributed by atoms with Crippen molar-refractivity contribution in [1.82, 2.24) is 4.98 Å². The molecule has 0 unspecified atom stereocenters. The number of carbonyl (C=O) groups is 1. The molecule has 0 radical (unpaired) electrons. The molecule has 1 heterocycles. The fraction of sp³-hybridized carbons (Fsp3) is 0.250. The van der Waals surface area contributed by atoms with Crippen molar-refractivity contribution in [2.75, 3.05) is 12.8 Å². The maximum atomic E-state index is 11.1. The van der Waals surface area contributed by atoms with Crippen LogP contribution in [0.1, 0.15) is 16.2 Å². The molecular weight excluding hydrogens is 192 g/mol. The highest BCUT2D eigenvalue weighted by atomic mass is 35.5. The lowest BCUT2D eigenvalue weighted by atomic mass is 10.2. The second-order valence-corrected chi connectivity index (χ2v) is 2.89. The first-order valence-electron chi connectivity index (χ1n) is 3.57. The van der Waals surface area contributed by atoms with E-state index in [0.717, 1.165) is 0 Å². The minimum Gasteiger partial charge on any atom is -0.464 e. The van der Waals surface area contributed by atoms with Crippen molar-refractivity contribution in [2.24, 2.45) is 0 Å². The number of rotatable bonds is 1. The molecule has 2 N–H and O–H groups in total. The van der Waals surface area contributed by atoms with Crippen LogP contribution in [0.25, 0.3) is 0 Å². The predicted molar refractivity (Wildman–Crippen MR) is 49.7 cm³/mol. The van der Waals surface area contributed by atoms with Gasteiger partial charge in [-0.3, -0.25) is 0 Å². The highest BCUT2D eigenvalue weighted by molar-refractivity contribution is 6.33. The first kappa shape index (κ1) is 9.80. The summed E-state index contributed by atoms with van der Waals surface area (Å²) < 4.78 is 4.49. The van der Waals surface area contributed by atoms with Gasteiger partial charge in [0.15, 0.2) is 5.69 Å². The van der Waals surface area contributed by atoms with E-state index in [9.17, 15) is 4.79 Å². The second-order valence-electron chi connectivity index (χ2n) is 2.49. The first-order chi connectivity index (χ1) is 6.06. The Kier molecular flexibility index (Phi) is 2.72. The molecule has 0 aliphatic heterocycles. The Morgan fingerprint density at radius 3 is 2.85 bits per heavy atom. The third kappa shape index (κ3) is 1.89. The molecule has 0 bridgehead atoms. The van der Waals surface area contributed by atoms with Gasteiger partial charge in [0, 0.05) is 0 Å². The van der Waals surface area contributed by atoms with E-state index in [2.05, 4.69) is 9.72 Å². The van der Waals surface area contributed by atoms with Crippen molar-refractivity contribution in [2.45, 2.75) is 6.92 Å². The van der Waals surface area contributed by atoms with Gasteiger partial charge in [-0.05, 0) is 13.0 Å². The maximum Gasteiger partial charge on any atom is 0.358 e. The average molecular weight is 201 g/mol. The van der Waals surface area contributed by atoms with Gasteiger partial charge < -0.3 is 10.5 Å². The van der Waals surface area contributed by atoms with Crippen molar-refractivity contribution >= 4 is 23.3 Å². The van der Waals surface area contributed by atoms with Crippen LogP contribution >= 0.6 is 11.6 Å². The van der Waals surface area contributed by atoms with Gasteiger partial charge in [0.1, 0.15) is 0 Å². The van der Waals surface area contributed by atoms with Gasteiger partial charge in [-0.1, -0.05) is 11.6 Å². The fourth-order valence-electron chi connectivity index (χ4n) is 0.835. The van der Waals surface area contributed by atoms with Crippen LogP contribution < -0.4 is 5.73 Å². The van der Waals surface area contributed by atoms with Crippen LogP contribution in [0.15, 0.2) is 6.07 Å². The number of nitrogens with zero attached hydrogens (tertiary/aromatic N) is 1. The number of halogens is 1. The summed E-state index contributed by atoms with van der Waals surface area (Å²) in [6.07, 6.45) is 0. The number of nitrogen functional groups attached to an aromatic ring is 1. The predicted octanol–water partition coefficient (Wildman–Crippen LogP) is 1.41. The number of pyridine rings is 1. The molecule has 1 aromatic rings. The van der Waals surface area contributed by atoms with E-state index in [0.29, 0.717) is 11.4 Å². The molecule has 4 nitrogen and oxygen atoms in total. The summed E-state index contributed by atoms with van der Waals surface area (Å²) in [4.78, 5) is 15.0. The molecule has 0 aromatic carbocycles. The Labute approximate surface area is 80.7 Å². The topological polar surface area (TPSA) is 65.2 Å². The number of hydrogen-bond acceptors (Lipinski definition) is 4. The summed E-state index contributed by atoms with van der Waals surface area (Å²) >= 11 is 5.73. The minimum atomic E-state index is -0.562. The van der Waals surface area contributed by atoms with Crippen LogP contribution in [0.3, 0.4) is 0 Å². The van der Waals surface area contributed by atoms with E-state index >= 15 is 0 Å². The molecule has 0 atom stereocenters. The number of aromatic nitrogens is 1. The Hall–Kier alpha value is -1.29. The average Bonchev–Trinajstić information content (AvgIpc) is 2.10. The summed E-state index contributed by atoms with van der Waals surface area (Å²) in [5.41, 5.74) is 6.64. The molecule has 0 saturated carbocycles. The third-order valence-corrected chi connectivity index (χ3v) is 1.87. The van der Waals surface area contributed by atoms with Crippen LogP contribution in [0.5, 0.6) is 0 Å². The number of methoxy groups -OCH3 is 1. The van der Waals surface area contributed by atoms with Gasteiger partial charge in [-0.2, -0.15) is 0 Å². The number of hydrogen-bond donors (Lipinski definition) is 1. The monoisotopic (exact) mass is 200 g/mol. The van der Waals surface area contributed by atoms with Gasteiger partial charge >= 0.3 is 5.97 Å². The number of nitrogens with two attached hydrogens (primary N) is 1. The summed E-state index contributed by atoms with van der Waals surface area (Å²) in [6.45, 7) is 1.69. The molecule has 0 aliphatic carbocycles. The molecule has 70 valence electrons. The Bertz CT molecular complexity index is 352. The zero-order chi connectivity index (χ0) is 10.0. The van der Waals surface area contributed by atoms with Crippen molar-refractivity contribution in [1.29, 1.82) is 0 Å². The summed E-state index contributed by atoms with van der Waals surface area (Å²) in [5.74, 6) is -0.562. The normalized spacial score (nSPS) is 9.77. The van der Waals surface area contributed by atoms with Gasteiger partial charge in [0.2, 0.25) is 0 Å². The van der Waals surface area contributed by atoms with E-state index in [-0.39, 0.29) is 10.7 Å². The molecule has 13 heavy (non-hydrogen) atoms. The number of esters is 1. The molecule has 0 saturated heterocycles. The molecule has 0 amide bonds. The number of carbonyl (C=O) groups excluding carboxylic acids is 1. The van der Waals surface area contributed by atoms with E-state index in [1.54, 1.807) is 6.92 Å². The smallest absolute Gasteiger partial charge is 0.358 e. The van der Waals surface area contributed by atoms with Gasteiger partial charge in [0.05, 0.1) is 23.5 Å². The molecule has 1 rings (SSSR count). The van der Waals surface area contributed by atoms with Crippen molar-refractivity contribution in [3.05, 3.63) is 22.5 Å². The molecule has 1 aromatic heterocycles. The van der Waals surface area contributed by atoms with Crippen molar-refractivity contribution in [3.8, 4) is 0 Å². The zero-order valence-electron chi connectivity index (χ0n) is 7.30. The van der Waals surface area contributed by atoms with E-state index < -0.39 is 5.97 Å². The highest BCUT2D eigenvalue weighted by Gasteiger charge is 2.13. The van der Waals surface area contributed by atoms with E-state index in [1.165, 1.54) is 13.2 Å². The van der Waals surface area contributed by atoms with E-state index in [1.807, 2.05) is 0 Å². The zero-order valence-corrected chi connectivity index (χ0v) is 8.05. The van der Waals surface area contributed by atoms with Gasteiger partial charge in [0.25, 0.3) is 0 Å². The van der Waals surface area contributed by atoms with E-state index in [4.69, 9.17) is 17.3 Å². The Morgan fingerprint density at radius 2 is 2.31 bits per heavy atom. The Morgan fingerprint density at radius 1 is 1.69 bits per heavy atom. The fourth-order valence-corrected chi connectivity index (χ4v) is 1.07. The van der Waals surface area contributed by atoms with Crippen molar-refractivity contribution in [3.63, 3.8) is 0 Å². The lowest BCUT2D eigenvalue weighted by Gasteiger charge is -2.04. The van der Waals surface area contributed by atoms with Gasteiger partial charge in [-0.25, -0.2) is 9.78 Å². The summed E-state index contributed by atoms with van der Waals surface area (Å²) in [6, 6.07) is 1.48. The molecule has 0 aliphatic rings. The molecule has 0 fully saturated rings. The number of aryl methyl sites for hydroxylation is 1. The van der Waals surface area contributed by atoms with Gasteiger partial charge in [-0.15, -0.1) is 0 Å². The standard InChI is InChI=1S/C8H9ClN2O2/c1-4-6(10)3-5(9)7(11-4)8(12)13-2/h3H,10H2,1-2H3. The summed E-state index contributed by atoms with van der Waals surface area (Å²) in [7, 11) is 1.27. The molecular formula is C8H9ClN2O2. The van der Waals surface area contributed by atoms with Crippen LogP contribution in [0.2, 0.25) is 5.02 Å².